The second-order valence-corrected chi connectivity index (χ2v) is 10.5. The molecule has 3 atom stereocenters. The van der Waals surface area contributed by atoms with Crippen LogP contribution in [-0.4, -0.2) is 68.8 Å². The molecule has 0 aliphatic rings. The molecule has 204 valence electrons. The van der Waals surface area contributed by atoms with Crippen LogP contribution in [0.15, 0.2) is 0 Å². The van der Waals surface area contributed by atoms with Gasteiger partial charge in [0.05, 0.1) is 17.9 Å². The van der Waals surface area contributed by atoms with Crippen molar-refractivity contribution in [2.24, 2.45) is 0 Å². The number of esters is 1. The van der Waals surface area contributed by atoms with Crippen molar-refractivity contribution < 1.29 is 39.2 Å². The van der Waals surface area contributed by atoms with Gasteiger partial charge in [0.25, 0.3) is 0 Å². The summed E-state index contributed by atoms with van der Waals surface area (Å²) in [6, 6.07) is 0. The number of carbonyl (C=O) groups is 4. The van der Waals surface area contributed by atoms with E-state index in [1.807, 2.05) is 27.7 Å². The van der Waals surface area contributed by atoms with E-state index in [4.69, 9.17) is 0 Å². The summed E-state index contributed by atoms with van der Waals surface area (Å²) in [5.41, 5.74) is 0. The summed E-state index contributed by atoms with van der Waals surface area (Å²) in [5, 5.41) is 28.3. The molecule has 35 heavy (non-hydrogen) atoms. The number of hydrogen-bond acceptors (Lipinski definition) is 11. The molecular weight excluding hydrogens is 619 g/mol. The number of thiol groups is 3. The summed E-state index contributed by atoms with van der Waals surface area (Å²) in [6.07, 6.45) is 8.16. The molecule has 0 amide bonds. The second kappa shape index (κ2) is 31.8. The van der Waals surface area contributed by atoms with E-state index in [1.54, 1.807) is 0 Å². The molecule has 0 aromatic heterocycles. The van der Waals surface area contributed by atoms with Crippen molar-refractivity contribution in [3.05, 3.63) is 0 Å². The Labute approximate surface area is 241 Å². The third kappa shape index (κ3) is 38.4. The molecule has 0 aliphatic heterocycles. The van der Waals surface area contributed by atoms with Crippen LogP contribution in [0.5, 0.6) is 0 Å². The molecule has 0 bridgehead atoms. The van der Waals surface area contributed by atoms with E-state index in [9.17, 15) is 34.5 Å². The molecule has 0 saturated carbocycles. The van der Waals surface area contributed by atoms with Crippen LogP contribution < -0.4 is 15.3 Å². The average Bonchev–Trinajstić information content (AvgIpc) is 2.80. The Morgan fingerprint density at radius 1 is 0.686 bits per heavy atom. The van der Waals surface area contributed by atoms with Gasteiger partial charge in [-0.05, 0) is 19.3 Å². The maximum absolute atomic E-state index is 10.4. The molecular formula is C23H42O8S3Sn. The molecule has 0 spiro atoms. The van der Waals surface area contributed by atoms with Gasteiger partial charge in [0, 0.05) is 15.7 Å². The molecule has 0 aromatic carbocycles. The standard InChI is InChI=1S/3C6H12O2S.C5H9O2.Sn/c3*1-2-3-4-5(9)6(7)8;1-3-5(6)7-4-2;/h3*5,9H,2-4H2,1H3,(H,7,8);1,3-4H2,2H3;/q;;;;+3/p-3. The number of rotatable bonds is 15. The van der Waals surface area contributed by atoms with Crippen molar-refractivity contribution in [3.8, 4) is 0 Å². The fourth-order valence-corrected chi connectivity index (χ4v) is 3.01. The van der Waals surface area contributed by atoms with Crippen molar-refractivity contribution in [3.63, 3.8) is 0 Å². The van der Waals surface area contributed by atoms with Crippen molar-refractivity contribution in [1.29, 1.82) is 0 Å². The monoisotopic (exact) mass is 662 g/mol. The van der Waals surface area contributed by atoms with Gasteiger partial charge in [-0.1, -0.05) is 59.3 Å². The summed E-state index contributed by atoms with van der Waals surface area (Å²) in [6.45, 7) is 8.36. The summed E-state index contributed by atoms with van der Waals surface area (Å²) in [7, 11) is 0. The molecule has 12 heteroatoms. The SMILES string of the molecule is CCCCC(S)C(=O)[O-].CCCCC(S)C(=O)[O-].CCCCC(S)C(=O)[O-].CCOC(=O)C[CH2][Sn+3]. The fourth-order valence-electron chi connectivity index (χ4n) is 1.88. The number of hydrogen-bond donors (Lipinski definition) is 3. The second-order valence-electron chi connectivity index (χ2n) is 7.24. The van der Waals surface area contributed by atoms with Gasteiger partial charge < -0.3 is 29.7 Å². The Hall–Kier alpha value is -0.271. The zero-order valence-corrected chi connectivity index (χ0v) is 26.9. The molecule has 8 nitrogen and oxygen atoms in total. The zero-order valence-electron chi connectivity index (χ0n) is 21.3. The average molecular weight is 661 g/mol. The van der Waals surface area contributed by atoms with E-state index in [0.29, 0.717) is 32.3 Å². The molecule has 0 rings (SSSR count). The number of ether oxygens (including phenoxy) is 1. The third-order valence-corrected chi connectivity index (χ3v) is 6.06. The normalized spacial score (nSPS) is 12.1. The summed E-state index contributed by atoms with van der Waals surface area (Å²) in [4.78, 5) is 40.5. The maximum atomic E-state index is 10.4. The van der Waals surface area contributed by atoms with E-state index < -0.39 is 33.7 Å². The van der Waals surface area contributed by atoms with Gasteiger partial charge >= 0.3 is 62.4 Å². The van der Waals surface area contributed by atoms with Crippen molar-refractivity contribution >= 4 is 84.3 Å². The Morgan fingerprint density at radius 2 is 0.971 bits per heavy atom. The van der Waals surface area contributed by atoms with Crippen molar-refractivity contribution in [2.75, 3.05) is 6.61 Å². The Kier molecular flexibility index (Phi) is 38.0. The van der Waals surface area contributed by atoms with Crippen LogP contribution in [0.1, 0.15) is 91.9 Å². The minimum atomic E-state index is -1.06. The number of carboxylic acid groups (broad SMARTS) is 3. The van der Waals surface area contributed by atoms with Gasteiger partial charge in [-0.2, -0.15) is 37.9 Å². The van der Waals surface area contributed by atoms with Gasteiger partial charge in [-0.15, -0.1) is 0 Å². The van der Waals surface area contributed by atoms with E-state index in [2.05, 4.69) is 42.6 Å². The molecule has 0 saturated heterocycles. The molecule has 0 radical (unpaired) electrons. The van der Waals surface area contributed by atoms with E-state index in [-0.39, 0.29) is 5.97 Å². The van der Waals surface area contributed by atoms with Gasteiger partial charge in [-0.3, -0.25) is 0 Å². The van der Waals surface area contributed by atoms with Crippen LogP contribution in [0.25, 0.3) is 0 Å². The topological polar surface area (TPSA) is 147 Å². The van der Waals surface area contributed by atoms with Crippen molar-refractivity contribution in [2.45, 2.75) is 112 Å². The third-order valence-electron chi connectivity index (χ3n) is 3.94. The summed E-state index contributed by atoms with van der Waals surface area (Å²) >= 11 is 12.8. The molecule has 3 unspecified atom stereocenters. The van der Waals surface area contributed by atoms with Crippen LogP contribution >= 0.6 is 37.9 Å². The predicted molar refractivity (Wildman–Crippen MR) is 144 cm³/mol. The van der Waals surface area contributed by atoms with Gasteiger partial charge in [0.15, 0.2) is 0 Å². The summed E-state index contributed by atoms with van der Waals surface area (Å²) < 4.78 is 5.62. The van der Waals surface area contributed by atoms with Crippen LogP contribution in [0.3, 0.4) is 0 Å². The summed E-state index contributed by atoms with van der Waals surface area (Å²) in [5.74, 6) is -3.25. The van der Waals surface area contributed by atoms with Crippen LogP contribution in [0.2, 0.25) is 4.44 Å². The first kappa shape index (κ1) is 41.8. The number of unbranched alkanes of at least 4 members (excludes halogenated alkanes) is 3. The first-order valence-electron chi connectivity index (χ1n) is 11.8. The number of carbonyl (C=O) groups excluding carboxylic acids is 4. The Morgan fingerprint density at radius 3 is 1.14 bits per heavy atom. The van der Waals surface area contributed by atoms with Gasteiger partial charge in [-0.25, -0.2) is 0 Å². The quantitative estimate of drug-likeness (QED) is 0.135. The Balaban J connectivity index is -0.000000183. The van der Waals surface area contributed by atoms with Gasteiger partial charge in [0.1, 0.15) is 0 Å². The molecule has 0 N–H and O–H groups in total. The minimum absolute atomic E-state index is 0.0655. The van der Waals surface area contributed by atoms with E-state index in [0.717, 1.165) is 43.0 Å². The zero-order chi connectivity index (χ0) is 28.2. The van der Waals surface area contributed by atoms with Crippen LogP contribution in [0.4, 0.5) is 0 Å². The fraction of sp³-hybridized carbons (Fsp3) is 0.826. The molecule has 0 aromatic rings. The van der Waals surface area contributed by atoms with E-state index in [1.165, 1.54) is 22.5 Å². The number of aliphatic carboxylic acids is 3. The molecule has 0 fully saturated rings. The molecule has 0 heterocycles. The van der Waals surface area contributed by atoms with Crippen LogP contribution in [-0.2, 0) is 23.9 Å². The van der Waals surface area contributed by atoms with Crippen LogP contribution in [0, 0.1) is 0 Å². The predicted octanol–water partition coefficient (Wildman–Crippen LogP) is 1.20. The Bertz CT molecular complexity index is 474. The van der Waals surface area contributed by atoms with E-state index >= 15 is 0 Å². The van der Waals surface area contributed by atoms with Gasteiger partial charge in [0.2, 0.25) is 0 Å². The first-order valence-corrected chi connectivity index (χ1v) is 15.4. The van der Waals surface area contributed by atoms with Crippen molar-refractivity contribution in [1.82, 2.24) is 0 Å². The first-order chi connectivity index (χ1) is 16.4. The number of carboxylic acids is 3. The molecule has 0 aliphatic carbocycles.